The van der Waals surface area contributed by atoms with Crippen LogP contribution in [-0.2, 0) is 9.59 Å². The molecule has 0 aromatic carbocycles. The van der Waals surface area contributed by atoms with Crippen LogP contribution in [-0.4, -0.2) is 60.4 Å². The van der Waals surface area contributed by atoms with Crippen LogP contribution in [0.25, 0.3) is 0 Å². The normalized spacial score (nSPS) is 25.9. The number of amides is 2. The summed E-state index contributed by atoms with van der Waals surface area (Å²) < 4.78 is 0. The summed E-state index contributed by atoms with van der Waals surface area (Å²) >= 11 is 0. The van der Waals surface area contributed by atoms with Gasteiger partial charge in [0.05, 0.1) is 6.54 Å². The number of nitrogens with one attached hydrogen (secondary N) is 1. The van der Waals surface area contributed by atoms with Crippen molar-refractivity contribution in [3.05, 3.63) is 0 Å². The summed E-state index contributed by atoms with van der Waals surface area (Å²) in [5, 5.41) is 3.23. The van der Waals surface area contributed by atoms with Crippen molar-refractivity contribution in [3.63, 3.8) is 0 Å². The van der Waals surface area contributed by atoms with E-state index < -0.39 is 0 Å². The SMILES string of the molecule is CNC(CN1CC(=O)N2CCCC2C1=O)C(C)C. The van der Waals surface area contributed by atoms with Crippen LogP contribution >= 0.6 is 0 Å². The summed E-state index contributed by atoms with van der Waals surface area (Å²) in [4.78, 5) is 27.8. The third kappa shape index (κ3) is 2.36. The van der Waals surface area contributed by atoms with Crippen LogP contribution in [0, 0.1) is 5.92 Å². The number of nitrogens with zero attached hydrogens (tertiary/aromatic N) is 2. The maximum Gasteiger partial charge on any atom is 0.245 e. The number of likely N-dealkylation sites (N-methyl/N-ethyl adjacent to an activating group) is 1. The van der Waals surface area contributed by atoms with Crippen molar-refractivity contribution in [1.29, 1.82) is 0 Å². The first-order valence-electron chi connectivity index (χ1n) is 6.80. The summed E-state index contributed by atoms with van der Waals surface area (Å²) in [6.07, 6.45) is 1.78. The molecule has 2 amide bonds. The largest absolute Gasteiger partial charge is 0.330 e. The first kappa shape index (κ1) is 13.3. The number of piperazine rings is 1. The monoisotopic (exact) mass is 253 g/mol. The zero-order valence-corrected chi connectivity index (χ0v) is 11.5. The highest BCUT2D eigenvalue weighted by atomic mass is 16.2. The van der Waals surface area contributed by atoms with Gasteiger partial charge in [0.15, 0.2) is 0 Å². The fourth-order valence-electron chi connectivity index (χ4n) is 2.89. The first-order chi connectivity index (χ1) is 8.54. The van der Waals surface area contributed by atoms with E-state index in [-0.39, 0.29) is 30.4 Å². The molecule has 0 aromatic rings. The average Bonchev–Trinajstić information content (AvgIpc) is 2.81. The van der Waals surface area contributed by atoms with Gasteiger partial charge in [0.1, 0.15) is 6.04 Å². The Morgan fingerprint density at radius 2 is 2.11 bits per heavy atom. The molecule has 2 fully saturated rings. The van der Waals surface area contributed by atoms with Gasteiger partial charge >= 0.3 is 0 Å². The van der Waals surface area contributed by atoms with Gasteiger partial charge in [0.2, 0.25) is 11.8 Å². The molecule has 102 valence electrons. The molecule has 0 radical (unpaired) electrons. The Kier molecular flexibility index (Phi) is 3.90. The zero-order chi connectivity index (χ0) is 13.3. The molecular weight excluding hydrogens is 230 g/mol. The summed E-state index contributed by atoms with van der Waals surface area (Å²) in [6.45, 7) is 5.88. The number of carbonyl (C=O) groups is 2. The Bertz CT molecular complexity index is 343. The third-order valence-electron chi connectivity index (χ3n) is 4.09. The smallest absolute Gasteiger partial charge is 0.245 e. The second-order valence-electron chi connectivity index (χ2n) is 5.60. The number of hydrogen-bond donors (Lipinski definition) is 1. The Hall–Kier alpha value is -1.10. The van der Waals surface area contributed by atoms with Gasteiger partial charge in [-0.1, -0.05) is 13.8 Å². The van der Waals surface area contributed by atoms with Crippen molar-refractivity contribution in [3.8, 4) is 0 Å². The Labute approximate surface area is 108 Å². The van der Waals surface area contributed by atoms with Crippen LogP contribution < -0.4 is 5.32 Å². The molecule has 2 heterocycles. The molecule has 2 unspecified atom stereocenters. The van der Waals surface area contributed by atoms with Crippen molar-refractivity contribution in [2.45, 2.75) is 38.8 Å². The van der Waals surface area contributed by atoms with Gasteiger partial charge in [-0.05, 0) is 25.8 Å². The maximum atomic E-state index is 12.3. The second-order valence-corrected chi connectivity index (χ2v) is 5.60. The van der Waals surface area contributed by atoms with E-state index in [9.17, 15) is 9.59 Å². The molecule has 2 saturated heterocycles. The van der Waals surface area contributed by atoms with Gasteiger partial charge in [0.25, 0.3) is 0 Å². The fourth-order valence-corrected chi connectivity index (χ4v) is 2.89. The number of fused-ring (bicyclic) bond motifs is 1. The molecule has 0 saturated carbocycles. The molecule has 5 nitrogen and oxygen atoms in total. The quantitative estimate of drug-likeness (QED) is 0.771. The molecule has 5 heteroatoms. The van der Waals surface area contributed by atoms with Crippen LogP contribution in [0.5, 0.6) is 0 Å². The van der Waals surface area contributed by atoms with Gasteiger partial charge < -0.3 is 15.1 Å². The van der Waals surface area contributed by atoms with Crippen LogP contribution in [0.4, 0.5) is 0 Å². The lowest BCUT2D eigenvalue weighted by molar-refractivity contribution is -0.153. The van der Waals surface area contributed by atoms with Crippen LogP contribution in [0.3, 0.4) is 0 Å². The van der Waals surface area contributed by atoms with Crippen molar-refractivity contribution in [2.24, 2.45) is 5.92 Å². The average molecular weight is 253 g/mol. The van der Waals surface area contributed by atoms with E-state index >= 15 is 0 Å². The van der Waals surface area contributed by atoms with Gasteiger partial charge in [-0.2, -0.15) is 0 Å². The van der Waals surface area contributed by atoms with Gasteiger partial charge in [-0.3, -0.25) is 9.59 Å². The predicted octanol–water partition coefficient (Wildman–Crippen LogP) is 0.0636. The molecule has 2 rings (SSSR count). The van der Waals surface area contributed by atoms with Gasteiger partial charge in [-0.15, -0.1) is 0 Å². The topological polar surface area (TPSA) is 52.7 Å². The van der Waals surface area contributed by atoms with Crippen LogP contribution in [0.15, 0.2) is 0 Å². The standard InChI is InChI=1S/C13H23N3O2/c1-9(2)10(14-3)7-15-8-12(17)16-6-4-5-11(16)13(15)18/h9-11,14H,4-8H2,1-3H3. The van der Waals surface area contributed by atoms with Gasteiger partial charge in [-0.25, -0.2) is 0 Å². The Morgan fingerprint density at radius 1 is 1.39 bits per heavy atom. The Balaban J connectivity index is 2.05. The lowest BCUT2D eigenvalue weighted by atomic mass is 10.0. The summed E-state index contributed by atoms with van der Waals surface area (Å²) in [5.41, 5.74) is 0. The molecular formula is C13H23N3O2. The molecule has 1 N–H and O–H groups in total. The maximum absolute atomic E-state index is 12.3. The first-order valence-corrected chi connectivity index (χ1v) is 6.80. The van der Waals surface area contributed by atoms with Crippen molar-refractivity contribution in [1.82, 2.24) is 15.1 Å². The molecule has 2 atom stereocenters. The highest BCUT2D eigenvalue weighted by Crippen LogP contribution is 2.24. The number of carbonyl (C=O) groups excluding carboxylic acids is 2. The molecule has 0 aliphatic carbocycles. The van der Waals surface area contributed by atoms with E-state index in [0.29, 0.717) is 12.5 Å². The minimum atomic E-state index is -0.184. The highest BCUT2D eigenvalue weighted by molar-refractivity contribution is 5.95. The van der Waals surface area contributed by atoms with E-state index in [1.165, 1.54) is 0 Å². The third-order valence-corrected chi connectivity index (χ3v) is 4.09. The lowest BCUT2D eigenvalue weighted by Crippen LogP contribution is -2.59. The van der Waals surface area contributed by atoms with E-state index in [1.54, 1.807) is 9.80 Å². The molecule has 0 spiro atoms. The number of hydrogen-bond acceptors (Lipinski definition) is 3. The minimum Gasteiger partial charge on any atom is -0.330 e. The van der Waals surface area contributed by atoms with Crippen molar-refractivity contribution < 1.29 is 9.59 Å². The van der Waals surface area contributed by atoms with E-state index in [4.69, 9.17) is 0 Å². The molecule has 2 aliphatic rings. The van der Waals surface area contributed by atoms with Crippen LogP contribution in [0.1, 0.15) is 26.7 Å². The van der Waals surface area contributed by atoms with E-state index in [2.05, 4.69) is 19.2 Å². The molecule has 2 aliphatic heterocycles. The van der Waals surface area contributed by atoms with Crippen molar-refractivity contribution >= 4 is 11.8 Å². The predicted molar refractivity (Wildman–Crippen MR) is 69.0 cm³/mol. The summed E-state index contributed by atoms with van der Waals surface area (Å²) in [6, 6.07) is 0.0608. The zero-order valence-electron chi connectivity index (χ0n) is 11.5. The summed E-state index contributed by atoms with van der Waals surface area (Å²) in [7, 11) is 1.91. The Morgan fingerprint density at radius 3 is 2.72 bits per heavy atom. The van der Waals surface area contributed by atoms with Gasteiger partial charge in [0, 0.05) is 19.1 Å². The molecule has 0 aromatic heterocycles. The molecule has 18 heavy (non-hydrogen) atoms. The summed E-state index contributed by atoms with van der Waals surface area (Å²) in [5.74, 6) is 0.684. The minimum absolute atomic E-state index is 0.107. The van der Waals surface area contributed by atoms with E-state index in [1.807, 2.05) is 7.05 Å². The highest BCUT2D eigenvalue weighted by Gasteiger charge is 2.42. The second kappa shape index (κ2) is 5.26. The van der Waals surface area contributed by atoms with Crippen LogP contribution in [0.2, 0.25) is 0 Å². The number of rotatable bonds is 4. The fraction of sp³-hybridized carbons (Fsp3) is 0.846. The lowest BCUT2D eigenvalue weighted by Gasteiger charge is -2.38. The van der Waals surface area contributed by atoms with E-state index in [0.717, 1.165) is 19.4 Å². The molecule has 0 bridgehead atoms. The van der Waals surface area contributed by atoms with Crippen molar-refractivity contribution in [2.75, 3.05) is 26.7 Å².